The van der Waals surface area contributed by atoms with Crippen molar-refractivity contribution >= 4 is 15.9 Å². The molecule has 0 spiro atoms. The van der Waals surface area contributed by atoms with Gasteiger partial charge in [-0.3, -0.25) is 0 Å². The first kappa shape index (κ1) is 12.5. The molecule has 0 fully saturated rings. The SMILES string of the molecule is N#Cc1ccc(COc2cccnc2Br)c(F)c1. The van der Waals surface area contributed by atoms with E-state index in [2.05, 4.69) is 20.9 Å². The summed E-state index contributed by atoms with van der Waals surface area (Å²) in [7, 11) is 0. The predicted molar refractivity (Wildman–Crippen MR) is 67.4 cm³/mol. The average Bonchev–Trinajstić information content (AvgIpc) is 2.39. The van der Waals surface area contributed by atoms with Crippen molar-refractivity contribution in [2.24, 2.45) is 0 Å². The van der Waals surface area contributed by atoms with Crippen LogP contribution in [-0.2, 0) is 6.61 Å². The van der Waals surface area contributed by atoms with E-state index in [-0.39, 0.29) is 6.61 Å². The number of nitrogens with zero attached hydrogens (tertiary/aromatic N) is 2. The zero-order chi connectivity index (χ0) is 13.0. The van der Waals surface area contributed by atoms with Gasteiger partial charge < -0.3 is 4.74 Å². The van der Waals surface area contributed by atoms with Crippen molar-refractivity contribution in [1.82, 2.24) is 4.98 Å². The molecule has 0 saturated carbocycles. The molecular formula is C13H8BrFN2O. The maximum atomic E-state index is 13.6. The topological polar surface area (TPSA) is 45.9 Å². The molecule has 0 aliphatic carbocycles. The molecule has 5 heteroatoms. The van der Waals surface area contributed by atoms with Crippen molar-refractivity contribution in [1.29, 1.82) is 5.26 Å². The second-order valence-corrected chi connectivity index (χ2v) is 4.25. The third kappa shape index (κ3) is 2.84. The first-order chi connectivity index (χ1) is 8.70. The largest absolute Gasteiger partial charge is 0.486 e. The van der Waals surface area contributed by atoms with Crippen LogP contribution in [-0.4, -0.2) is 4.98 Å². The molecule has 0 saturated heterocycles. The van der Waals surface area contributed by atoms with Gasteiger partial charge in [0.05, 0.1) is 11.6 Å². The molecule has 0 aliphatic rings. The minimum absolute atomic E-state index is 0.0852. The fourth-order valence-electron chi connectivity index (χ4n) is 1.37. The molecule has 0 aliphatic heterocycles. The quantitative estimate of drug-likeness (QED) is 0.816. The van der Waals surface area contributed by atoms with Crippen molar-refractivity contribution < 1.29 is 9.13 Å². The summed E-state index contributed by atoms with van der Waals surface area (Å²) in [6.07, 6.45) is 1.62. The zero-order valence-electron chi connectivity index (χ0n) is 9.23. The Morgan fingerprint density at radius 1 is 1.39 bits per heavy atom. The van der Waals surface area contributed by atoms with Crippen molar-refractivity contribution in [3.63, 3.8) is 0 Å². The number of nitriles is 1. The highest BCUT2D eigenvalue weighted by atomic mass is 79.9. The molecule has 18 heavy (non-hydrogen) atoms. The highest BCUT2D eigenvalue weighted by Crippen LogP contribution is 2.22. The smallest absolute Gasteiger partial charge is 0.152 e. The van der Waals surface area contributed by atoms with Gasteiger partial charge in [0.25, 0.3) is 0 Å². The van der Waals surface area contributed by atoms with Gasteiger partial charge in [-0.15, -0.1) is 0 Å². The number of benzene rings is 1. The van der Waals surface area contributed by atoms with E-state index < -0.39 is 5.82 Å². The number of halogens is 2. The van der Waals surface area contributed by atoms with E-state index in [1.54, 1.807) is 24.4 Å². The number of hydrogen-bond acceptors (Lipinski definition) is 3. The Morgan fingerprint density at radius 3 is 2.89 bits per heavy atom. The van der Waals surface area contributed by atoms with Gasteiger partial charge in [-0.25, -0.2) is 9.37 Å². The molecule has 2 aromatic rings. The number of ether oxygens (including phenoxy) is 1. The number of hydrogen-bond donors (Lipinski definition) is 0. The molecule has 0 bridgehead atoms. The minimum Gasteiger partial charge on any atom is -0.486 e. The lowest BCUT2D eigenvalue weighted by Gasteiger charge is -2.08. The molecule has 0 radical (unpaired) electrons. The van der Waals surface area contributed by atoms with Gasteiger partial charge in [-0.1, -0.05) is 6.07 Å². The molecule has 0 unspecified atom stereocenters. The second-order valence-electron chi connectivity index (χ2n) is 3.50. The van der Waals surface area contributed by atoms with E-state index in [4.69, 9.17) is 10.00 Å². The summed E-state index contributed by atoms with van der Waals surface area (Å²) in [6, 6.07) is 9.63. The van der Waals surface area contributed by atoms with Crippen LogP contribution in [0.2, 0.25) is 0 Å². The van der Waals surface area contributed by atoms with Crippen LogP contribution >= 0.6 is 15.9 Å². The molecule has 0 N–H and O–H groups in total. The van der Waals surface area contributed by atoms with Crippen LogP contribution in [0.3, 0.4) is 0 Å². The molecule has 1 heterocycles. The van der Waals surface area contributed by atoms with Gasteiger partial charge in [0.1, 0.15) is 17.0 Å². The summed E-state index contributed by atoms with van der Waals surface area (Å²) in [5, 5.41) is 8.63. The first-order valence-electron chi connectivity index (χ1n) is 5.12. The molecule has 2 rings (SSSR count). The molecule has 1 aromatic carbocycles. The van der Waals surface area contributed by atoms with Crippen molar-refractivity contribution in [2.45, 2.75) is 6.61 Å². The summed E-state index contributed by atoms with van der Waals surface area (Å²) in [5.74, 6) is 0.0929. The van der Waals surface area contributed by atoms with Gasteiger partial charge in [-0.2, -0.15) is 5.26 Å². The fourth-order valence-corrected chi connectivity index (χ4v) is 1.73. The number of pyridine rings is 1. The molecule has 90 valence electrons. The van der Waals surface area contributed by atoms with Gasteiger partial charge in [0.15, 0.2) is 5.75 Å². The molecule has 1 aromatic heterocycles. The highest BCUT2D eigenvalue weighted by molar-refractivity contribution is 9.10. The molecular weight excluding hydrogens is 299 g/mol. The summed E-state index contributed by atoms with van der Waals surface area (Å²) < 4.78 is 19.6. The zero-order valence-corrected chi connectivity index (χ0v) is 10.8. The lowest BCUT2D eigenvalue weighted by Crippen LogP contribution is -1.99. The van der Waals surface area contributed by atoms with Gasteiger partial charge in [0, 0.05) is 11.8 Å². The third-order valence-electron chi connectivity index (χ3n) is 2.29. The van der Waals surface area contributed by atoms with E-state index in [0.717, 1.165) is 0 Å². The second kappa shape index (κ2) is 5.61. The van der Waals surface area contributed by atoms with Gasteiger partial charge in [-0.05, 0) is 40.2 Å². The lowest BCUT2D eigenvalue weighted by molar-refractivity contribution is 0.296. The Bertz CT molecular complexity index is 610. The average molecular weight is 307 g/mol. The Hall–Kier alpha value is -1.93. The summed E-state index contributed by atoms with van der Waals surface area (Å²) in [6.45, 7) is 0.0852. The standard InChI is InChI=1S/C13H8BrFN2O/c14-13-12(2-1-5-17-13)18-8-10-4-3-9(7-16)6-11(10)15/h1-6H,8H2. The Kier molecular flexibility index (Phi) is 3.90. The molecule has 0 amide bonds. The van der Waals surface area contributed by atoms with E-state index >= 15 is 0 Å². The third-order valence-corrected chi connectivity index (χ3v) is 2.89. The van der Waals surface area contributed by atoms with E-state index in [0.29, 0.717) is 21.5 Å². The molecule has 0 atom stereocenters. The van der Waals surface area contributed by atoms with Gasteiger partial charge >= 0.3 is 0 Å². The van der Waals surface area contributed by atoms with Crippen LogP contribution in [0, 0.1) is 17.1 Å². The van der Waals surface area contributed by atoms with Crippen molar-refractivity contribution in [2.75, 3.05) is 0 Å². The van der Waals surface area contributed by atoms with E-state index in [1.807, 2.05) is 6.07 Å². The van der Waals surface area contributed by atoms with Crippen LogP contribution in [0.4, 0.5) is 4.39 Å². The lowest BCUT2D eigenvalue weighted by atomic mass is 10.1. The van der Waals surface area contributed by atoms with Crippen LogP contribution < -0.4 is 4.74 Å². The van der Waals surface area contributed by atoms with Crippen LogP contribution in [0.15, 0.2) is 41.1 Å². The summed E-state index contributed by atoms with van der Waals surface area (Å²) >= 11 is 3.24. The predicted octanol–water partition coefficient (Wildman–Crippen LogP) is 3.43. The Labute approximate surface area is 112 Å². The highest BCUT2D eigenvalue weighted by Gasteiger charge is 2.06. The maximum Gasteiger partial charge on any atom is 0.152 e. The molecule has 3 nitrogen and oxygen atoms in total. The van der Waals surface area contributed by atoms with E-state index in [1.165, 1.54) is 12.1 Å². The number of aromatic nitrogens is 1. The fraction of sp³-hybridized carbons (Fsp3) is 0.0769. The normalized spacial score (nSPS) is 9.83. The van der Waals surface area contributed by atoms with Crippen molar-refractivity contribution in [3.8, 4) is 11.8 Å². The van der Waals surface area contributed by atoms with Gasteiger partial charge in [0.2, 0.25) is 0 Å². The maximum absolute atomic E-state index is 13.6. The van der Waals surface area contributed by atoms with Crippen LogP contribution in [0.1, 0.15) is 11.1 Å². The monoisotopic (exact) mass is 306 g/mol. The van der Waals surface area contributed by atoms with Crippen LogP contribution in [0.5, 0.6) is 5.75 Å². The first-order valence-corrected chi connectivity index (χ1v) is 5.92. The van der Waals surface area contributed by atoms with E-state index in [9.17, 15) is 4.39 Å². The summed E-state index contributed by atoms with van der Waals surface area (Å²) in [4.78, 5) is 4.00. The summed E-state index contributed by atoms with van der Waals surface area (Å²) in [5.41, 5.74) is 0.684. The van der Waals surface area contributed by atoms with Crippen molar-refractivity contribution in [3.05, 3.63) is 58.1 Å². The minimum atomic E-state index is -0.450. The Morgan fingerprint density at radius 2 is 2.22 bits per heavy atom. The number of rotatable bonds is 3. The van der Waals surface area contributed by atoms with Crippen LogP contribution in [0.25, 0.3) is 0 Å². The Balaban J connectivity index is 2.12.